The number of aromatic nitrogens is 3. The molecule has 1 aliphatic rings. The van der Waals surface area contributed by atoms with Gasteiger partial charge in [0.15, 0.2) is 5.65 Å². The monoisotopic (exact) mass is 665 g/mol. The van der Waals surface area contributed by atoms with Crippen molar-refractivity contribution >= 4 is 28.9 Å². The van der Waals surface area contributed by atoms with Crippen LogP contribution in [0.5, 0.6) is 5.75 Å². The van der Waals surface area contributed by atoms with Crippen molar-refractivity contribution in [2.24, 2.45) is 0 Å². The fourth-order valence-electron chi connectivity index (χ4n) is 4.26. The quantitative estimate of drug-likeness (QED) is 0.280. The van der Waals surface area contributed by atoms with E-state index in [9.17, 15) is 39.9 Å². The number of aliphatic carboxylic acids is 1. The standard InChI is InChI=1S/C25H22F5N5O2S.C2HF3O2/c26-24(27)5-6-34(15-24)7-8-37-19-3-1-16(2-4-19)18-10-31-22-20(11-33-35(22)12-18)17-9-21(38-13-17)23(36)32-14-25(28,29)30;3-2(4,5)1(6)7/h1-4,9-13H,5-8,14-15H2,(H,32,36);(H,6,7). The predicted molar refractivity (Wildman–Crippen MR) is 142 cm³/mol. The minimum atomic E-state index is -5.19. The fraction of sp³-hybridized carbons (Fsp3) is 0.333. The summed E-state index contributed by atoms with van der Waals surface area (Å²) >= 11 is 1.04. The van der Waals surface area contributed by atoms with Crippen LogP contribution in [0.4, 0.5) is 35.1 Å². The highest BCUT2D eigenvalue weighted by atomic mass is 32.1. The smallest absolute Gasteiger partial charge is 0.430 e. The Morgan fingerprint density at radius 3 is 2.36 bits per heavy atom. The summed E-state index contributed by atoms with van der Waals surface area (Å²) in [6, 6.07) is 8.85. The molecule has 1 aromatic carbocycles. The van der Waals surface area contributed by atoms with Crippen molar-refractivity contribution in [2.75, 3.05) is 32.8 Å². The third-order valence-corrected chi connectivity index (χ3v) is 7.37. The molecule has 18 heteroatoms. The Bertz CT molecular complexity index is 1640. The van der Waals surface area contributed by atoms with Crippen LogP contribution in [-0.2, 0) is 4.79 Å². The van der Waals surface area contributed by atoms with Crippen LogP contribution in [0.3, 0.4) is 0 Å². The first kappa shape index (κ1) is 33.6. The molecule has 0 saturated carbocycles. The topological polar surface area (TPSA) is 113 Å². The Balaban J connectivity index is 0.000000591. The molecule has 1 aliphatic heterocycles. The zero-order valence-corrected chi connectivity index (χ0v) is 23.7. The van der Waals surface area contributed by atoms with Gasteiger partial charge in [-0.3, -0.25) is 4.79 Å². The third kappa shape index (κ3) is 9.34. The summed E-state index contributed by atoms with van der Waals surface area (Å²) in [4.78, 5) is 26.3. The van der Waals surface area contributed by atoms with Crippen molar-refractivity contribution in [3.8, 4) is 28.0 Å². The highest BCUT2D eigenvalue weighted by Crippen LogP contribution is 2.30. The maximum atomic E-state index is 13.3. The molecule has 45 heavy (non-hydrogen) atoms. The van der Waals surface area contributed by atoms with Crippen LogP contribution in [0.1, 0.15) is 16.1 Å². The van der Waals surface area contributed by atoms with Gasteiger partial charge in [-0.15, -0.1) is 11.3 Å². The van der Waals surface area contributed by atoms with Crippen LogP contribution in [0.25, 0.3) is 27.9 Å². The number of nitrogens with zero attached hydrogens (tertiary/aromatic N) is 3. The highest BCUT2D eigenvalue weighted by Gasteiger charge is 2.41. The minimum Gasteiger partial charge on any atom is -0.542 e. The van der Waals surface area contributed by atoms with Crippen LogP contribution >= 0.6 is 11.3 Å². The zero-order valence-electron chi connectivity index (χ0n) is 22.8. The normalized spacial score (nSPS) is 16.2. The number of likely N-dealkylation sites (tertiary alicyclic amines) is 1. The van der Waals surface area contributed by atoms with E-state index in [1.54, 1.807) is 40.6 Å². The van der Waals surface area contributed by atoms with Crippen LogP contribution in [0.15, 0.2) is 54.3 Å². The van der Waals surface area contributed by atoms with Gasteiger partial charge < -0.3 is 24.9 Å². The maximum absolute atomic E-state index is 13.3. The molecule has 1 atom stereocenters. The second kappa shape index (κ2) is 13.4. The number of benzene rings is 1. The van der Waals surface area contributed by atoms with E-state index in [0.29, 0.717) is 42.2 Å². The third-order valence-electron chi connectivity index (χ3n) is 6.44. The second-order valence-corrected chi connectivity index (χ2v) is 10.8. The Hall–Kier alpha value is -4.32. The van der Waals surface area contributed by atoms with Gasteiger partial charge in [0.05, 0.1) is 24.0 Å². The number of amides is 1. The van der Waals surface area contributed by atoms with Crippen molar-refractivity contribution in [1.82, 2.24) is 19.9 Å². The second-order valence-electron chi connectivity index (χ2n) is 9.86. The van der Waals surface area contributed by atoms with Crippen LogP contribution in [0, 0.1) is 0 Å². The van der Waals surface area contributed by atoms with E-state index in [4.69, 9.17) is 14.6 Å². The number of thiophene rings is 1. The molecule has 1 fully saturated rings. The van der Waals surface area contributed by atoms with Crippen molar-refractivity contribution < 1.29 is 59.5 Å². The summed E-state index contributed by atoms with van der Waals surface area (Å²) < 4.78 is 103. The van der Waals surface area contributed by atoms with Gasteiger partial charge in [-0.1, -0.05) is 12.1 Å². The number of alkyl halides is 8. The minimum absolute atomic E-state index is 0.0794. The molecule has 242 valence electrons. The van der Waals surface area contributed by atoms with E-state index in [1.807, 2.05) is 17.4 Å². The van der Waals surface area contributed by atoms with E-state index in [1.165, 1.54) is 6.07 Å². The van der Waals surface area contributed by atoms with Gasteiger partial charge in [0.1, 0.15) is 38.0 Å². The summed E-state index contributed by atoms with van der Waals surface area (Å²) in [6.45, 7) is -0.226. The number of carboxylic acid groups (broad SMARTS) is 1. The average molecular weight is 666 g/mol. The van der Waals surface area contributed by atoms with Gasteiger partial charge >= 0.3 is 18.3 Å². The Kier molecular flexibility index (Phi) is 9.96. The molecule has 0 radical (unpaired) electrons. The summed E-state index contributed by atoms with van der Waals surface area (Å²) in [6.07, 6.45) is -4.70. The number of rotatable bonds is 8. The van der Waals surface area contributed by atoms with Gasteiger partial charge in [-0.05, 0) is 34.7 Å². The van der Waals surface area contributed by atoms with Gasteiger partial charge in [-0.25, -0.2) is 18.3 Å². The number of fused-ring (bicyclic) bond motifs is 1. The van der Waals surface area contributed by atoms with Crippen LogP contribution in [0.2, 0.25) is 0 Å². The largest absolute Gasteiger partial charge is 0.542 e. The average Bonchev–Trinajstić information content (AvgIpc) is 3.69. The zero-order chi connectivity index (χ0) is 33.0. The Morgan fingerprint density at radius 2 is 1.76 bits per heavy atom. The van der Waals surface area contributed by atoms with Gasteiger partial charge in [-0.2, -0.15) is 31.4 Å². The molecule has 0 spiro atoms. The molecule has 4 aromatic rings. The molecule has 2 N–H and O–H groups in total. The predicted octanol–water partition coefficient (Wildman–Crippen LogP) is 3.02. The van der Waals surface area contributed by atoms with E-state index in [0.717, 1.165) is 27.4 Å². The first-order valence-corrected chi connectivity index (χ1v) is 13.9. The number of carbonyl (C=O) groups excluding carboxylic acids is 2. The highest BCUT2D eigenvalue weighted by molar-refractivity contribution is 7.12. The number of carbonyl (C=O) groups is 2. The number of halogens is 8. The lowest BCUT2D eigenvalue weighted by atomic mass is 10.1. The molecule has 5 rings (SSSR count). The molecule has 1 saturated heterocycles. The Morgan fingerprint density at radius 1 is 1.07 bits per heavy atom. The number of ether oxygens (including phenoxy) is 1. The maximum Gasteiger partial charge on any atom is 0.430 e. The first-order valence-electron chi connectivity index (χ1n) is 13.0. The van der Waals surface area contributed by atoms with Gasteiger partial charge in [0, 0.05) is 23.5 Å². The number of carboxylic acids is 1. The molecule has 3 aromatic heterocycles. The van der Waals surface area contributed by atoms with Crippen molar-refractivity contribution in [3.05, 3.63) is 59.2 Å². The number of hydrogen-bond donors (Lipinski definition) is 2. The lowest BCUT2D eigenvalue weighted by Crippen LogP contribution is -3.11. The first-order chi connectivity index (χ1) is 21.0. The molecule has 0 bridgehead atoms. The van der Waals surface area contributed by atoms with E-state index in [-0.39, 0.29) is 17.8 Å². The van der Waals surface area contributed by atoms with E-state index >= 15 is 0 Å². The van der Waals surface area contributed by atoms with Crippen molar-refractivity contribution in [3.63, 3.8) is 0 Å². The lowest BCUT2D eigenvalue weighted by Gasteiger charge is -2.13. The van der Waals surface area contributed by atoms with Crippen LogP contribution in [-0.4, -0.2) is 77.5 Å². The summed E-state index contributed by atoms with van der Waals surface area (Å²) in [5, 5.41) is 16.7. The molecular weight excluding hydrogens is 642 g/mol. The summed E-state index contributed by atoms with van der Waals surface area (Å²) in [5.74, 6) is -5.74. The molecule has 1 unspecified atom stereocenters. The summed E-state index contributed by atoms with van der Waals surface area (Å²) in [7, 11) is 0. The summed E-state index contributed by atoms with van der Waals surface area (Å²) in [5.41, 5.74) is 3.46. The van der Waals surface area contributed by atoms with E-state index < -0.39 is 36.7 Å². The van der Waals surface area contributed by atoms with Crippen molar-refractivity contribution in [2.45, 2.75) is 24.7 Å². The molecular formula is C27H23F8N5O4S. The SMILES string of the molecule is O=C(NCC(F)(F)F)c1cc(-c2cnn3cc(-c4ccc(OCC[NH+]5CCC(F)(F)C5)cc4)cnc23)cs1.O=C([O-])C(F)(F)F. The van der Waals surface area contributed by atoms with E-state index in [2.05, 4.69) is 10.1 Å². The van der Waals surface area contributed by atoms with Crippen molar-refractivity contribution in [1.29, 1.82) is 0 Å². The number of quaternary nitrogens is 1. The fourth-order valence-corrected chi connectivity index (χ4v) is 5.09. The Labute approximate surface area is 253 Å². The number of nitrogens with one attached hydrogen (secondary N) is 2. The molecule has 1 amide bonds. The van der Waals surface area contributed by atoms with Gasteiger partial charge in [0.2, 0.25) is 0 Å². The van der Waals surface area contributed by atoms with Gasteiger partial charge in [0.25, 0.3) is 5.91 Å². The molecule has 4 heterocycles. The number of hydrogen-bond acceptors (Lipinski definition) is 7. The molecule has 9 nitrogen and oxygen atoms in total. The molecule has 0 aliphatic carbocycles. The van der Waals surface area contributed by atoms with Crippen LogP contribution < -0.4 is 20.1 Å². The lowest BCUT2D eigenvalue weighted by molar-refractivity contribution is -0.891.